The Balaban J connectivity index is 1.48. The lowest BCUT2D eigenvalue weighted by atomic mass is 10.1. The summed E-state index contributed by atoms with van der Waals surface area (Å²) in [5, 5.41) is 28.8. The van der Waals surface area contributed by atoms with Gasteiger partial charge >= 0.3 is 6.03 Å². The van der Waals surface area contributed by atoms with Crippen LogP contribution in [0.3, 0.4) is 0 Å². The van der Waals surface area contributed by atoms with Crippen LogP contribution in [0.4, 0.5) is 10.5 Å². The first kappa shape index (κ1) is 18.2. The predicted octanol–water partition coefficient (Wildman–Crippen LogP) is 2.46. The van der Waals surface area contributed by atoms with Crippen molar-refractivity contribution in [3.05, 3.63) is 59.7 Å². The summed E-state index contributed by atoms with van der Waals surface area (Å²) in [6.45, 7) is -0.329. The van der Waals surface area contributed by atoms with Gasteiger partial charge in [0, 0.05) is 35.8 Å². The summed E-state index contributed by atoms with van der Waals surface area (Å²) in [4.78, 5) is 13.5. The normalized spacial score (nSPS) is 13.0. The number of hydrogen-bond donors (Lipinski definition) is 4. The van der Waals surface area contributed by atoms with E-state index >= 15 is 0 Å². The van der Waals surface area contributed by atoms with Crippen LogP contribution in [0.25, 0.3) is 22.5 Å². The highest BCUT2D eigenvalue weighted by Crippen LogP contribution is 2.39. The van der Waals surface area contributed by atoms with E-state index in [4.69, 9.17) is 5.11 Å². The maximum Gasteiger partial charge on any atom is 0.321 e. The molecule has 28 heavy (non-hydrogen) atoms. The van der Waals surface area contributed by atoms with Crippen LogP contribution in [0.5, 0.6) is 0 Å². The average molecular weight is 378 g/mol. The van der Waals surface area contributed by atoms with Gasteiger partial charge in [-0.2, -0.15) is 5.10 Å². The third kappa shape index (κ3) is 3.37. The molecule has 1 aliphatic rings. The Morgan fingerprint density at radius 1 is 1.25 bits per heavy atom. The number of aromatic nitrogens is 2. The number of anilines is 1. The summed E-state index contributed by atoms with van der Waals surface area (Å²) >= 11 is 0. The molecular weight excluding hydrogens is 356 g/mol. The van der Waals surface area contributed by atoms with Gasteiger partial charge in [-0.25, -0.2) is 4.79 Å². The Hall–Kier alpha value is -3.16. The first-order valence-electron chi connectivity index (χ1n) is 9.14. The number of nitrogens with one attached hydrogen (secondary N) is 2. The van der Waals surface area contributed by atoms with E-state index in [1.54, 1.807) is 7.05 Å². The van der Waals surface area contributed by atoms with Crippen molar-refractivity contribution in [3.8, 4) is 22.5 Å². The van der Waals surface area contributed by atoms with Gasteiger partial charge in [0.2, 0.25) is 0 Å². The van der Waals surface area contributed by atoms with Crippen molar-refractivity contribution in [3.63, 3.8) is 0 Å². The third-order valence-electron chi connectivity index (χ3n) is 4.97. The molecule has 1 atom stereocenters. The Bertz CT molecular complexity index is 997. The highest BCUT2D eigenvalue weighted by molar-refractivity contribution is 5.89. The van der Waals surface area contributed by atoms with E-state index in [9.17, 15) is 9.90 Å². The minimum atomic E-state index is -0.955. The number of hydrogen-bond acceptors (Lipinski definition) is 4. The van der Waals surface area contributed by atoms with E-state index < -0.39 is 6.10 Å². The van der Waals surface area contributed by atoms with Gasteiger partial charge in [0.15, 0.2) is 0 Å². The fourth-order valence-electron chi connectivity index (χ4n) is 3.49. The van der Waals surface area contributed by atoms with Gasteiger partial charge in [-0.1, -0.05) is 36.4 Å². The lowest BCUT2D eigenvalue weighted by molar-refractivity contribution is 0.0750. The second-order valence-corrected chi connectivity index (χ2v) is 6.98. The molecule has 3 aromatic rings. The van der Waals surface area contributed by atoms with Crippen LogP contribution in [0.15, 0.2) is 48.5 Å². The number of aliphatic hydroxyl groups excluding tert-OH is 2. The predicted molar refractivity (Wildman–Crippen MR) is 107 cm³/mol. The Labute approximate surface area is 162 Å². The number of rotatable bonds is 5. The third-order valence-corrected chi connectivity index (χ3v) is 4.97. The van der Waals surface area contributed by atoms with Crippen molar-refractivity contribution >= 4 is 11.7 Å². The molecule has 144 valence electrons. The van der Waals surface area contributed by atoms with Crippen LogP contribution in [0.2, 0.25) is 0 Å². The van der Waals surface area contributed by atoms with Gasteiger partial charge in [-0.15, -0.1) is 0 Å². The van der Waals surface area contributed by atoms with Gasteiger partial charge in [-0.05, 0) is 17.7 Å². The summed E-state index contributed by atoms with van der Waals surface area (Å²) in [6.07, 6.45) is -0.0997. The topological polar surface area (TPSA) is 101 Å². The molecule has 1 aromatic heterocycles. The number of nitrogens with zero attached hydrogens (tertiary/aromatic N) is 2. The van der Waals surface area contributed by atoms with E-state index in [-0.39, 0.29) is 19.2 Å². The zero-order valence-electron chi connectivity index (χ0n) is 15.5. The van der Waals surface area contributed by atoms with Crippen LogP contribution in [-0.2, 0) is 6.42 Å². The molecule has 0 bridgehead atoms. The number of carbonyl (C=O) groups is 1. The van der Waals surface area contributed by atoms with Crippen molar-refractivity contribution in [2.75, 3.05) is 25.5 Å². The number of carbonyl (C=O) groups excluding carboxylic acids is 1. The molecule has 0 radical (unpaired) electrons. The summed E-state index contributed by atoms with van der Waals surface area (Å²) in [7, 11) is 1.56. The highest BCUT2D eigenvalue weighted by atomic mass is 16.3. The van der Waals surface area contributed by atoms with Crippen LogP contribution < -0.4 is 5.32 Å². The first-order chi connectivity index (χ1) is 13.6. The van der Waals surface area contributed by atoms with Crippen LogP contribution in [0, 0.1) is 0 Å². The number of amides is 2. The standard InChI is InChI=1S/C21H22N4O3/c1-25(11-16(27)12-26)21(28)22-15-8-6-13(7-9-15)19-18-10-14-4-2-3-5-17(14)20(18)24-23-19/h2-9,16,26-27H,10-12H2,1H3,(H,22,28)(H,23,24). The Kier molecular flexibility index (Phi) is 4.85. The number of urea groups is 1. The zero-order chi connectivity index (χ0) is 19.7. The molecule has 1 heterocycles. The number of aliphatic hydroxyl groups is 2. The van der Waals surface area contributed by atoms with E-state index in [2.05, 4.69) is 27.6 Å². The molecule has 2 amide bonds. The zero-order valence-corrected chi connectivity index (χ0v) is 15.5. The van der Waals surface area contributed by atoms with Gasteiger partial charge < -0.3 is 20.4 Å². The number of benzene rings is 2. The molecule has 7 heteroatoms. The summed E-state index contributed by atoms with van der Waals surface area (Å²) in [5.74, 6) is 0. The van der Waals surface area contributed by atoms with Crippen molar-refractivity contribution in [1.29, 1.82) is 0 Å². The molecule has 1 unspecified atom stereocenters. The fraction of sp³-hybridized carbons (Fsp3) is 0.238. The quantitative estimate of drug-likeness (QED) is 0.428. The lowest BCUT2D eigenvalue weighted by Crippen LogP contribution is -2.38. The molecule has 4 N–H and O–H groups in total. The maximum absolute atomic E-state index is 12.2. The molecule has 4 rings (SSSR count). The molecule has 0 aliphatic heterocycles. The van der Waals surface area contributed by atoms with Crippen molar-refractivity contribution in [1.82, 2.24) is 15.1 Å². The monoisotopic (exact) mass is 378 g/mol. The largest absolute Gasteiger partial charge is 0.394 e. The summed E-state index contributed by atoms with van der Waals surface area (Å²) in [6, 6.07) is 15.5. The minimum Gasteiger partial charge on any atom is -0.394 e. The van der Waals surface area contributed by atoms with Crippen molar-refractivity contribution in [2.45, 2.75) is 12.5 Å². The molecular formula is C21H22N4O3. The van der Waals surface area contributed by atoms with Crippen molar-refractivity contribution in [2.24, 2.45) is 0 Å². The van der Waals surface area contributed by atoms with E-state index in [1.165, 1.54) is 21.6 Å². The fourth-order valence-corrected chi connectivity index (χ4v) is 3.49. The maximum atomic E-state index is 12.2. The van der Waals surface area contributed by atoms with Crippen molar-refractivity contribution < 1.29 is 15.0 Å². The Morgan fingerprint density at radius 2 is 2.00 bits per heavy atom. The molecule has 0 saturated heterocycles. The van der Waals surface area contributed by atoms with E-state index in [1.807, 2.05) is 36.4 Å². The smallest absolute Gasteiger partial charge is 0.321 e. The number of H-pyrrole nitrogens is 1. The number of aromatic amines is 1. The molecule has 2 aromatic carbocycles. The molecule has 0 spiro atoms. The van der Waals surface area contributed by atoms with Gasteiger partial charge in [0.1, 0.15) is 0 Å². The minimum absolute atomic E-state index is 0.0559. The van der Waals surface area contributed by atoms with Crippen LogP contribution in [0.1, 0.15) is 11.1 Å². The van der Waals surface area contributed by atoms with Crippen LogP contribution >= 0.6 is 0 Å². The van der Waals surface area contributed by atoms with E-state index in [0.717, 1.165) is 23.4 Å². The number of fused-ring (bicyclic) bond motifs is 3. The van der Waals surface area contributed by atoms with E-state index in [0.29, 0.717) is 5.69 Å². The summed E-state index contributed by atoms with van der Waals surface area (Å²) < 4.78 is 0. The molecule has 7 nitrogen and oxygen atoms in total. The Morgan fingerprint density at radius 3 is 2.75 bits per heavy atom. The van der Waals surface area contributed by atoms with Gasteiger partial charge in [0.05, 0.1) is 30.6 Å². The number of likely N-dealkylation sites (N-methyl/N-ethyl adjacent to an activating group) is 1. The molecule has 0 saturated carbocycles. The average Bonchev–Trinajstić information content (AvgIpc) is 3.27. The second-order valence-electron chi connectivity index (χ2n) is 6.98. The SMILES string of the molecule is CN(CC(O)CO)C(=O)Nc1ccc(-c2n[nH]c3c2Cc2ccccc2-3)cc1. The highest BCUT2D eigenvalue weighted by Gasteiger charge is 2.24. The molecule has 0 fully saturated rings. The summed E-state index contributed by atoms with van der Waals surface area (Å²) in [5.41, 5.74) is 7.31. The van der Waals surface area contributed by atoms with Gasteiger partial charge in [-0.3, -0.25) is 5.10 Å². The molecule has 1 aliphatic carbocycles. The lowest BCUT2D eigenvalue weighted by Gasteiger charge is -2.20. The first-order valence-corrected chi connectivity index (χ1v) is 9.14. The van der Waals surface area contributed by atoms with Gasteiger partial charge in [0.25, 0.3) is 0 Å². The second kappa shape index (κ2) is 7.46. The van der Waals surface area contributed by atoms with Crippen LogP contribution in [-0.4, -0.2) is 57.6 Å².